The SMILES string of the molecule is COCCN(CCCN)c1ncccc1F. The number of ether oxygens (including phenoxy) is 1. The van der Waals surface area contributed by atoms with Gasteiger partial charge in [0.1, 0.15) is 0 Å². The Balaban J connectivity index is 2.70. The van der Waals surface area contributed by atoms with Crippen LogP contribution in [0.4, 0.5) is 10.2 Å². The number of methoxy groups -OCH3 is 1. The van der Waals surface area contributed by atoms with Gasteiger partial charge in [-0.15, -0.1) is 0 Å². The van der Waals surface area contributed by atoms with Crippen LogP contribution in [-0.4, -0.2) is 38.3 Å². The van der Waals surface area contributed by atoms with Gasteiger partial charge >= 0.3 is 0 Å². The number of nitrogens with zero attached hydrogens (tertiary/aromatic N) is 2. The van der Waals surface area contributed by atoms with Crippen LogP contribution < -0.4 is 10.6 Å². The average molecular weight is 227 g/mol. The van der Waals surface area contributed by atoms with Crippen LogP contribution in [0.1, 0.15) is 6.42 Å². The molecule has 0 spiro atoms. The molecule has 0 atom stereocenters. The summed E-state index contributed by atoms with van der Waals surface area (Å²) in [6.45, 7) is 2.43. The fourth-order valence-electron chi connectivity index (χ4n) is 1.42. The predicted octanol–water partition coefficient (Wildman–Crippen LogP) is 1.02. The highest BCUT2D eigenvalue weighted by atomic mass is 19.1. The molecule has 1 aromatic heterocycles. The fraction of sp³-hybridized carbons (Fsp3) is 0.545. The predicted molar refractivity (Wildman–Crippen MR) is 62.0 cm³/mol. The summed E-state index contributed by atoms with van der Waals surface area (Å²) in [5, 5.41) is 0. The maximum absolute atomic E-state index is 13.5. The second-order valence-corrected chi connectivity index (χ2v) is 3.43. The van der Waals surface area contributed by atoms with E-state index in [1.54, 1.807) is 19.4 Å². The van der Waals surface area contributed by atoms with Crippen LogP contribution in [0, 0.1) is 5.82 Å². The molecule has 0 aliphatic heterocycles. The molecule has 0 saturated carbocycles. The van der Waals surface area contributed by atoms with Crippen LogP contribution in [-0.2, 0) is 4.74 Å². The molecule has 0 fully saturated rings. The van der Waals surface area contributed by atoms with Gasteiger partial charge < -0.3 is 15.4 Å². The molecule has 4 nitrogen and oxygen atoms in total. The maximum Gasteiger partial charge on any atom is 0.165 e. The number of aromatic nitrogens is 1. The summed E-state index contributed by atoms with van der Waals surface area (Å²) in [4.78, 5) is 5.89. The number of rotatable bonds is 7. The fourth-order valence-corrected chi connectivity index (χ4v) is 1.42. The summed E-state index contributed by atoms with van der Waals surface area (Å²) >= 11 is 0. The highest BCUT2D eigenvalue weighted by Crippen LogP contribution is 2.14. The molecular weight excluding hydrogens is 209 g/mol. The monoisotopic (exact) mass is 227 g/mol. The van der Waals surface area contributed by atoms with E-state index >= 15 is 0 Å². The summed E-state index contributed by atoms with van der Waals surface area (Å²) in [6, 6.07) is 2.99. The Morgan fingerprint density at radius 3 is 2.94 bits per heavy atom. The number of halogens is 1. The highest BCUT2D eigenvalue weighted by Gasteiger charge is 2.11. The normalized spacial score (nSPS) is 10.4. The first-order chi connectivity index (χ1) is 7.79. The van der Waals surface area contributed by atoms with Crippen LogP contribution in [0.5, 0.6) is 0 Å². The Bertz CT molecular complexity index is 301. The molecule has 0 aliphatic carbocycles. The van der Waals surface area contributed by atoms with Crippen molar-refractivity contribution >= 4 is 5.82 Å². The molecule has 1 heterocycles. The topological polar surface area (TPSA) is 51.4 Å². The Morgan fingerprint density at radius 2 is 2.31 bits per heavy atom. The Labute approximate surface area is 95.2 Å². The number of anilines is 1. The lowest BCUT2D eigenvalue weighted by atomic mass is 10.3. The van der Waals surface area contributed by atoms with Crippen LogP contribution >= 0.6 is 0 Å². The molecule has 0 aliphatic rings. The third-order valence-corrected chi connectivity index (χ3v) is 2.24. The largest absolute Gasteiger partial charge is 0.383 e. The number of nitrogens with two attached hydrogens (primary N) is 1. The van der Waals surface area contributed by atoms with E-state index in [1.165, 1.54) is 6.07 Å². The van der Waals surface area contributed by atoms with E-state index in [4.69, 9.17) is 10.5 Å². The molecule has 0 radical (unpaired) electrons. The van der Waals surface area contributed by atoms with Gasteiger partial charge in [0.15, 0.2) is 11.6 Å². The molecule has 1 aromatic rings. The molecule has 1 rings (SSSR count). The summed E-state index contributed by atoms with van der Waals surface area (Å²) in [7, 11) is 1.62. The highest BCUT2D eigenvalue weighted by molar-refractivity contribution is 5.39. The van der Waals surface area contributed by atoms with Crippen LogP contribution in [0.25, 0.3) is 0 Å². The van der Waals surface area contributed by atoms with E-state index in [9.17, 15) is 4.39 Å². The average Bonchev–Trinajstić information content (AvgIpc) is 2.31. The molecule has 2 N–H and O–H groups in total. The van der Waals surface area contributed by atoms with E-state index in [2.05, 4.69) is 4.98 Å². The summed E-state index contributed by atoms with van der Waals surface area (Å²) < 4.78 is 18.5. The first kappa shape index (κ1) is 12.9. The van der Waals surface area contributed by atoms with Gasteiger partial charge in [-0.25, -0.2) is 9.37 Å². The molecule has 90 valence electrons. The zero-order chi connectivity index (χ0) is 11.8. The van der Waals surface area contributed by atoms with Crippen molar-refractivity contribution in [2.75, 3.05) is 38.3 Å². The zero-order valence-electron chi connectivity index (χ0n) is 9.53. The Kier molecular flexibility index (Phi) is 5.74. The molecule has 5 heteroatoms. The van der Waals surface area contributed by atoms with E-state index in [-0.39, 0.29) is 5.82 Å². The number of pyridine rings is 1. The van der Waals surface area contributed by atoms with Crippen molar-refractivity contribution in [2.45, 2.75) is 6.42 Å². The quantitative estimate of drug-likeness (QED) is 0.755. The van der Waals surface area contributed by atoms with E-state index < -0.39 is 0 Å². The van der Waals surface area contributed by atoms with Crippen molar-refractivity contribution in [3.8, 4) is 0 Å². The van der Waals surface area contributed by atoms with E-state index in [0.29, 0.717) is 32.1 Å². The van der Waals surface area contributed by atoms with Crippen LogP contribution in [0.3, 0.4) is 0 Å². The van der Waals surface area contributed by atoms with Gasteiger partial charge in [0.25, 0.3) is 0 Å². The van der Waals surface area contributed by atoms with Gasteiger partial charge in [-0.1, -0.05) is 0 Å². The second kappa shape index (κ2) is 7.14. The Morgan fingerprint density at radius 1 is 1.50 bits per heavy atom. The Hall–Kier alpha value is -1.20. The second-order valence-electron chi connectivity index (χ2n) is 3.43. The summed E-state index contributed by atoms with van der Waals surface area (Å²) in [5.74, 6) is 0.0589. The van der Waals surface area contributed by atoms with E-state index in [0.717, 1.165) is 6.42 Å². The van der Waals surface area contributed by atoms with Crippen LogP contribution in [0.2, 0.25) is 0 Å². The summed E-state index contributed by atoms with van der Waals surface area (Å²) in [6.07, 6.45) is 2.39. The minimum absolute atomic E-state index is 0.310. The van der Waals surface area contributed by atoms with Gasteiger partial charge in [-0.2, -0.15) is 0 Å². The van der Waals surface area contributed by atoms with Gasteiger partial charge in [0, 0.05) is 26.4 Å². The maximum atomic E-state index is 13.5. The van der Waals surface area contributed by atoms with Crippen molar-refractivity contribution in [1.29, 1.82) is 0 Å². The van der Waals surface area contributed by atoms with Crippen molar-refractivity contribution < 1.29 is 9.13 Å². The third-order valence-electron chi connectivity index (χ3n) is 2.24. The van der Waals surface area contributed by atoms with Crippen molar-refractivity contribution in [2.24, 2.45) is 5.73 Å². The standard InChI is InChI=1S/C11H18FN3O/c1-16-9-8-15(7-3-5-13)11-10(12)4-2-6-14-11/h2,4,6H,3,5,7-9,13H2,1H3. The first-order valence-electron chi connectivity index (χ1n) is 5.34. The van der Waals surface area contributed by atoms with Gasteiger partial charge in [-0.05, 0) is 25.1 Å². The molecule has 0 unspecified atom stereocenters. The molecule has 0 aromatic carbocycles. The minimum atomic E-state index is -0.310. The van der Waals surface area contributed by atoms with E-state index in [1.807, 2.05) is 4.90 Å². The first-order valence-corrected chi connectivity index (χ1v) is 5.34. The number of hydrogen-bond acceptors (Lipinski definition) is 4. The van der Waals surface area contributed by atoms with Gasteiger partial charge in [0.05, 0.1) is 6.61 Å². The van der Waals surface area contributed by atoms with Gasteiger partial charge in [0.2, 0.25) is 0 Å². The lowest BCUT2D eigenvalue weighted by Crippen LogP contribution is -2.31. The zero-order valence-corrected chi connectivity index (χ0v) is 9.53. The van der Waals surface area contributed by atoms with Crippen molar-refractivity contribution in [3.05, 3.63) is 24.1 Å². The number of hydrogen-bond donors (Lipinski definition) is 1. The van der Waals surface area contributed by atoms with Crippen molar-refractivity contribution in [3.63, 3.8) is 0 Å². The lowest BCUT2D eigenvalue weighted by Gasteiger charge is -2.23. The molecule has 0 amide bonds. The summed E-state index contributed by atoms with van der Waals surface area (Å²) in [5.41, 5.74) is 5.45. The molecule has 0 bridgehead atoms. The van der Waals surface area contributed by atoms with Crippen molar-refractivity contribution in [1.82, 2.24) is 4.98 Å². The van der Waals surface area contributed by atoms with Gasteiger partial charge in [-0.3, -0.25) is 0 Å². The lowest BCUT2D eigenvalue weighted by molar-refractivity contribution is 0.205. The van der Waals surface area contributed by atoms with Crippen LogP contribution in [0.15, 0.2) is 18.3 Å². The molecule has 16 heavy (non-hydrogen) atoms. The molecule has 0 saturated heterocycles. The molecular formula is C11H18FN3O. The third kappa shape index (κ3) is 3.75. The smallest absolute Gasteiger partial charge is 0.165 e. The minimum Gasteiger partial charge on any atom is -0.383 e.